The van der Waals surface area contributed by atoms with Gasteiger partial charge >= 0.3 is 0 Å². The maximum atomic E-state index is 12.7. The molecule has 2 aromatic carbocycles. The molecule has 0 saturated carbocycles. The highest BCUT2D eigenvalue weighted by Gasteiger charge is 2.32. The number of anilines is 2. The van der Waals surface area contributed by atoms with E-state index < -0.39 is 15.3 Å². The van der Waals surface area contributed by atoms with Crippen molar-refractivity contribution in [1.82, 2.24) is 0 Å². The first kappa shape index (κ1) is 14.9. The number of hydrogen-bond donors (Lipinski definition) is 1. The smallest absolute Gasteiger partial charge is 0.236 e. The van der Waals surface area contributed by atoms with Crippen molar-refractivity contribution < 1.29 is 8.42 Å². The van der Waals surface area contributed by atoms with Crippen LogP contribution in [-0.2, 0) is 22.9 Å². The number of rotatable bonds is 4. The fraction of sp³-hybridized carbons (Fsp3) is 0.294. The van der Waals surface area contributed by atoms with Gasteiger partial charge in [0.25, 0.3) is 0 Å². The van der Waals surface area contributed by atoms with Crippen LogP contribution < -0.4 is 9.62 Å². The minimum Gasteiger partial charge on any atom is -0.376 e. The molecule has 4 nitrogen and oxygen atoms in total. The molecule has 1 N–H and O–H groups in total. The summed E-state index contributed by atoms with van der Waals surface area (Å²) in [6.07, 6.45) is 1.16. The van der Waals surface area contributed by atoms with Crippen LogP contribution in [0.25, 0.3) is 0 Å². The van der Waals surface area contributed by atoms with Gasteiger partial charge in [0, 0.05) is 14.1 Å². The van der Waals surface area contributed by atoms with Gasteiger partial charge in [-0.25, -0.2) is 8.42 Å². The molecule has 116 valence electrons. The number of nitrogens with one attached hydrogen (secondary N) is 1. The molecular weight excluding hydrogens is 296 g/mol. The van der Waals surface area contributed by atoms with E-state index in [0.29, 0.717) is 18.5 Å². The lowest BCUT2D eigenvalue weighted by molar-refractivity contribution is 0.586. The third kappa shape index (κ3) is 2.81. The molecule has 0 heterocycles. The number of para-hydroxylation sites is 2. The summed E-state index contributed by atoms with van der Waals surface area (Å²) in [6, 6.07) is 15.4. The van der Waals surface area contributed by atoms with Gasteiger partial charge in [0.2, 0.25) is 10.0 Å². The zero-order valence-electron chi connectivity index (χ0n) is 12.8. The third-order valence-electron chi connectivity index (χ3n) is 4.09. The van der Waals surface area contributed by atoms with Crippen LogP contribution in [0.5, 0.6) is 0 Å². The topological polar surface area (TPSA) is 49.4 Å². The number of benzene rings is 2. The first-order chi connectivity index (χ1) is 10.5. The standard InChI is InChI=1S/C17H20N2O2S/c1-19(2)17-10-6-5-9-16(17)18-22(20,21)15-11-13-7-3-4-8-14(13)12-15/h3-10,15,18H,11-12H2,1-2H3. The average Bonchev–Trinajstić information content (AvgIpc) is 2.92. The van der Waals surface area contributed by atoms with E-state index in [1.54, 1.807) is 6.07 Å². The van der Waals surface area contributed by atoms with Crippen molar-refractivity contribution in [3.05, 3.63) is 59.7 Å². The van der Waals surface area contributed by atoms with Gasteiger partial charge in [0.15, 0.2) is 0 Å². The Bertz CT molecular complexity index is 760. The van der Waals surface area contributed by atoms with Gasteiger partial charge in [0.1, 0.15) is 0 Å². The van der Waals surface area contributed by atoms with Crippen molar-refractivity contribution in [3.63, 3.8) is 0 Å². The Kier molecular flexibility index (Phi) is 3.83. The highest BCUT2D eigenvalue weighted by Crippen LogP contribution is 2.30. The number of hydrogen-bond acceptors (Lipinski definition) is 3. The lowest BCUT2D eigenvalue weighted by atomic mass is 10.1. The molecule has 22 heavy (non-hydrogen) atoms. The fourth-order valence-electron chi connectivity index (χ4n) is 2.92. The molecule has 1 aliphatic carbocycles. The fourth-order valence-corrected chi connectivity index (χ4v) is 4.37. The second-order valence-electron chi connectivity index (χ2n) is 5.86. The van der Waals surface area contributed by atoms with Crippen LogP contribution in [0.4, 0.5) is 11.4 Å². The van der Waals surface area contributed by atoms with Crippen molar-refractivity contribution in [2.75, 3.05) is 23.7 Å². The monoisotopic (exact) mass is 316 g/mol. The molecule has 0 spiro atoms. The minimum atomic E-state index is -3.41. The maximum Gasteiger partial charge on any atom is 0.236 e. The van der Waals surface area contributed by atoms with Gasteiger partial charge in [-0.3, -0.25) is 4.72 Å². The SMILES string of the molecule is CN(C)c1ccccc1NS(=O)(=O)C1Cc2ccccc2C1. The number of nitrogens with zero attached hydrogens (tertiary/aromatic N) is 1. The van der Waals surface area contributed by atoms with Crippen LogP contribution in [0.15, 0.2) is 48.5 Å². The lowest BCUT2D eigenvalue weighted by Crippen LogP contribution is -2.29. The molecule has 1 aliphatic rings. The molecule has 2 aromatic rings. The first-order valence-corrected chi connectivity index (χ1v) is 8.87. The van der Waals surface area contributed by atoms with Crippen LogP contribution in [-0.4, -0.2) is 27.8 Å². The summed E-state index contributed by atoms with van der Waals surface area (Å²) in [4.78, 5) is 1.90. The second-order valence-corrected chi connectivity index (χ2v) is 7.82. The van der Waals surface area contributed by atoms with Crippen molar-refractivity contribution in [3.8, 4) is 0 Å². The molecule has 0 bridgehead atoms. The van der Waals surface area contributed by atoms with Crippen molar-refractivity contribution in [2.24, 2.45) is 0 Å². The summed E-state index contributed by atoms with van der Waals surface area (Å²) in [6.45, 7) is 0. The van der Waals surface area contributed by atoms with Gasteiger partial charge in [-0.2, -0.15) is 0 Å². The molecule has 0 fully saturated rings. The third-order valence-corrected chi connectivity index (χ3v) is 5.81. The predicted octanol–water partition coefficient (Wildman–Crippen LogP) is 2.66. The van der Waals surface area contributed by atoms with E-state index in [4.69, 9.17) is 0 Å². The van der Waals surface area contributed by atoms with Gasteiger partial charge in [-0.1, -0.05) is 36.4 Å². The molecule has 3 rings (SSSR count). The summed E-state index contributed by atoms with van der Waals surface area (Å²) >= 11 is 0. The Morgan fingerprint density at radius 3 is 2.09 bits per heavy atom. The van der Waals surface area contributed by atoms with Gasteiger partial charge < -0.3 is 4.90 Å². The summed E-state index contributed by atoms with van der Waals surface area (Å²) in [7, 11) is 0.389. The molecule has 0 aliphatic heterocycles. The normalized spacial score (nSPS) is 14.6. The molecule has 0 amide bonds. The van der Waals surface area contributed by atoms with Crippen molar-refractivity contribution in [1.29, 1.82) is 0 Å². The van der Waals surface area contributed by atoms with Crippen LogP contribution >= 0.6 is 0 Å². The highest BCUT2D eigenvalue weighted by atomic mass is 32.2. The number of fused-ring (bicyclic) bond motifs is 1. The molecular formula is C17H20N2O2S. The van der Waals surface area contributed by atoms with E-state index >= 15 is 0 Å². The first-order valence-electron chi connectivity index (χ1n) is 7.32. The largest absolute Gasteiger partial charge is 0.376 e. The Morgan fingerprint density at radius 1 is 0.955 bits per heavy atom. The van der Waals surface area contributed by atoms with Crippen LogP contribution in [0.3, 0.4) is 0 Å². The minimum absolute atomic E-state index is 0.403. The molecule has 0 radical (unpaired) electrons. The molecule has 0 unspecified atom stereocenters. The van der Waals surface area contributed by atoms with E-state index in [9.17, 15) is 8.42 Å². The second kappa shape index (κ2) is 5.65. The Morgan fingerprint density at radius 2 is 1.50 bits per heavy atom. The highest BCUT2D eigenvalue weighted by molar-refractivity contribution is 7.93. The zero-order chi connectivity index (χ0) is 15.7. The zero-order valence-corrected chi connectivity index (χ0v) is 13.6. The predicted molar refractivity (Wildman–Crippen MR) is 90.9 cm³/mol. The summed E-state index contributed by atoms with van der Waals surface area (Å²) in [5.74, 6) is 0. The van der Waals surface area contributed by atoms with Crippen LogP contribution in [0.1, 0.15) is 11.1 Å². The quantitative estimate of drug-likeness (QED) is 0.943. The van der Waals surface area contributed by atoms with E-state index in [1.165, 1.54) is 0 Å². The Hall–Kier alpha value is -2.01. The van der Waals surface area contributed by atoms with Crippen molar-refractivity contribution in [2.45, 2.75) is 18.1 Å². The van der Waals surface area contributed by atoms with Crippen molar-refractivity contribution >= 4 is 21.4 Å². The number of sulfonamides is 1. The molecule has 0 atom stereocenters. The lowest BCUT2D eigenvalue weighted by Gasteiger charge is -2.20. The van der Waals surface area contributed by atoms with Crippen LogP contribution in [0, 0.1) is 0 Å². The maximum absolute atomic E-state index is 12.7. The summed E-state index contributed by atoms with van der Waals surface area (Å²) < 4.78 is 28.2. The molecule has 0 saturated heterocycles. The van der Waals surface area contributed by atoms with E-state index in [1.807, 2.05) is 61.5 Å². The molecule has 0 aromatic heterocycles. The van der Waals surface area contributed by atoms with Gasteiger partial charge in [-0.05, 0) is 36.1 Å². The Labute approximate surface area is 131 Å². The summed E-state index contributed by atoms with van der Waals surface area (Å²) in [5.41, 5.74) is 3.77. The average molecular weight is 316 g/mol. The van der Waals surface area contributed by atoms with Crippen LogP contribution in [0.2, 0.25) is 0 Å². The van der Waals surface area contributed by atoms with Gasteiger partial charge in [0.05, 0.1) is 16.6 Å². The Balaban J connectivity index is 1.84. The molecule has 5 heteroatoms. The van der Waals surface area contributed by atoms with E-state index in [0.717, 1.165) is 16.8 Å². The van der Waals surface area contributed by atoms with E-state index in [2.05, 4.69) is 4.72 Å². The van der Waals surface area contributed by atoms with Gasteiger partial charge in [-0.15, -0.1) is 0 Å². The summed E-state index contributed by atoms with van der Waals surface area (Å²) in [5, 5.41) is -0.403. The van der Waals surface area contributed by atoms with E-state index in [-0.39, 0.29) is 0 Å².